The fourth-order valence-electron chi connectivity index (χ4n) is 4.20. The quantitative estimate of drug-likeness (QED) is 0.175. The van der Waals surface area contributed by atoms with E-state index in [9.17, 15) is 26.4 Å². The van der Waals surface area contributed by atoms with E-state index in [1.807, 2.05) is 13.0 Å². The number of anilines is 1. The summed E-state index contributed by atoms with van der Waals surface area (Å²) in [6.45, 7) is 6.07. The molecule has 0 aliphatic rings. The van der Waals surface area contributed by atoms with Crippen LogP contribution < -0.4 is 9.04 Å². The van der Waals surface area contributed by atoms with E-state index < -0.39 is 27.9 Å². The van der Waals surface area contributed by atoms with Crippen molar-refractivity contribution in [2.45, 2.75) is 47.0 Å². The van der Waals surface area contributed by atoms with Crippen molar-refractivity contribution in [3.8, 4) is 17.2 Å². The third kappa shape index (κ3) is 7.73. The van der Waals surface area contributed by atoms with Crippen molar-refractivity contribution < 1.29 is 40.4 Å². The molecule has 0 aliphatic heterocycles. The van der Waals surface area contributed by atoms with Crippen LogP contribution in [0.25, 0.3) is 11.5 Å². The van der Waals surface area contributed by atoms with Gasteiger partial charge in [0.15, 0.2) is 0 Å². The van der Waals surface area contributed by atoms with E-state index in [-0.39, 0.29) is 25.6 Å². The number of benzene rings is 3. The number of aryl methyl sites for hydroxylation is 2. The lowest BCUT2D eigenvalue weighted by Gasteiger charge is -2.29. The van der Waals surface area contributed by atoms with Gasteiger partial charge in [-0.2, -0.15) is 21.6 Å². The smallest absolute Gasteiger partial charge is 0.416 e. The summed E-state index contributed by atoms with van der Waals surface area (Å²) in [6, 6.07) is 18.0. The van der Waals surface area contributed by atoms with Gasteiger partial charge in [0.25, 0.3) is 0 Å². The number of nitrogens with zero attached hydrogens (tertiary/aromatic N) is 3. The van der Waals surface area contributed by atoms with Gasteiger partial charge in [0.2, 0.25) is 5.89 Å². The van der Waals surface area contributed by atoms with Gasteiger partial charge >= 0.3 is 22.4 Å². The van der Waals surface area contributed by atoms with Gasteiger partial charge in [0.1, 0.15) is 23.8 Å². The molecule has 0 saturated heterocycles. The number of alkyl halides is 3. The Morgan fingerprint density at radius 3 is 2.33 bits per heavy atom. The zero-order chi connectivity index (χ0) is 31.4. The Bertz CT molecular complexity index is 1690. The fourth-order valence-corrected chi connectivity index (χ4v) is 5.64. The second kappa shape index (κ2) is 12.9. The number of halogens is 3. The highest BCUT2D eigenvalue weighted by atomic mass is 32.2. The third-order valence-electron chi connectivity index (χ3n) is 6.28. The van der Waals surface area contributed by atoms with Crippen molar-refractivity contribution in [3.05, 3.63) is 101 Å². The first-order valence-corrected chi connectivity index (χ1v) is 14.6. The molecular formula is C30H30F3N3O6S. The highest BCUT2D eigenvalue weighted by molar-refractivity contribution is 7.90. The Morgan fingerprint density at radius 1 is 1.00 bits per heavy atom. The van der Waals surface area contributed by atoms with Gasteiger partial charge in [-0.1, -0.05) is 24.3 Å². The van der Waals surface area contributed by atoms with Crippen molar-refractivity contribution in [3.63, 3.8) is 0 Å². The molecule has 0 atom stereocenters. The van der Waals surface area contributed by atoms with Crippen molar-refractivity contribution in [2.75, 3.05) is 10.8 Å². The molecule has 4 aromatic rings. The maximum absolute atomic E-state index is 13.6. The molecule has 9 nitrogen and oxygen atoms in total. The second-order valence-corrected chi connectivity index (χ2v) is 11.3. The van der Waals surface area contributed by atoms with Crippen LogP contribution in [-0.4, -0.2) is 30.4 Å². The van der Waals surface area contributed by atoms with Crippen molar-refractivity contribution in [2.24, 2.45) is 0 Å². The van der Waals surface area contributed by atoms with Crippen LogP contribution in [0.2, 0.25) is 0 Å². The molecule has 1 aromatic heterocycles. The van der Waals surface area contributed by atoms with Crippen LogP contribution >= 0.6 is 0 Å². The highest BCUT2D eigenvalue weighted by Crippen LogP contribution is 2.31. The van der Waals surface area contributed by atoms with Crippen LogP contribution in [0.1, 0.15) is 42.0 Å². The fraction of sp³-hybridized carbons (Fsp3) is 0.267. The molecule has 4 rings (SSSR count). The maximum atomic E-state index is 13.6. The second-order valence-electron chi connectivity index (χ2n) is 9.59. The normalized spacial score (nSPS) is 11.9. The van der Waals surface area contributed by atoms with Gasteiger partial charge in [-0.25, -0.2) is 4.98 Å². The van der Waals surface area contributed by atoms with E-state index in [4.69, 9.17) is 14.0 Å². The third-order valence-corrected chi connectivity index (χ3v) is 8.02. The lowest BCUT2D eigenvalue weighted by molar-refractivity contribution is -0.168. The first-order chi connectivity index (χ1) is 20.3. The number of carbonyl (C=O) groups excluding carboxylic acids is 1. The average Bonchev–Trinajstić information content (AvgIpc) is 3.32. The van der Waals surface area contributed by atoms with Crippen LogP contribution in [0.5, 0.6) is 5.75 Å². The topological polar surface area (TPSA) is 102 Å². The monoisotopic (exact) mass is 617 g/mol. The molecule has 0 N–H and O–H groups in total. The predicted octanol–water partition coefficient (Wildman–Crippen LogP) is 6.61. The summed E-state index contributed by atoms with van der Waals surface area (Å²) >= 11 is 0. The zero-order valence-corrected chi connectivity index (χ0v) is 24.7. The summed E-state index contributed by atoms with van der Waals surface area (Å²) < 4.78 is 79.2. The number of rotatable bonds is 11. The van der Waals surface area contributed by atoms with Crippen LogP contribution in [0.15, 0.2) is 77.2 Å². The Kier molecular flexibility index (Phi) is 9.46. The van der Waals surface area contributed by atoms with E-state index in [0.717, 1.165) is 28.9 Å². The minimum Gasteiger partial charge on any atom is -0.487 e. The molecule has 0 aliphatic carbocycles. The average molecular weight is 618 g/mol. The summed E-state index contributed by atoms with van der Waals surface area (Å²) in [7, 11) is -4.29. The van der Waals surface area contributed by atoms with Gasteiger partial charge in [-0.05, 0) is 84.9 Å². The van der Waals surface area contributed by atoms with Crippen LogP contribution in [0, 0.1) is 13.8 Å². The Hall–Kier alpha value is -4.36. The molecule has 0 fully saturated rings. The van der Waals surface area contributed by atoms with Crippen molar-refractivity contribution >= 4 is 21.9 Å². The minimum atomic E-state index is -4.45. The molecule has 0 unspecified atom stereocenters. The van der Waals surface area contributed by atoms with Gasteiger partial charge in [-0.3, -0.25) is 9.10 Å². The van der Waals surface area contributed by atoms with E-state index in [2.05, 4.69) is 4.98 Å². The van der Waals surface area contributed by atoms with Crippen LogP contribution in [0.3, 0.4) is 0 Å². The SMILES string of the molecule is CCN(c1cccc(C)c1)S(=O)(=O)N(Cc1cccc(OCc2nc(-c3ccc(C(F)(F)F)cc3)oc2C)c1)OC(C)=O. The largest absolute Gasteiger partial charge is 0.487 e. The standard InChI is InChI=1S/C30H30F3N3O6S/c1-5-35(26-10-6-8-20(2)16-26)43(38,39)36(42-22(4)37)18-23-9-7-11-27(17-23)40-19-28-21(3)41-29(34-28)24-12-14-25(15-13-24)30(31,32)33/h6-17H,5,18-19H2,1-4H3. The van der Waals surface area contributed by atoms with E-state index in [1.54, 1.807) is 56.3 Å². The van der Waals surface area contributed by atoms with Crippen LogP contribution in [0.4, 0.5) is 18.9 Å². The number of aromatic nitrogens is 1. The Labute approximate surface area is 247 Å². The molecule has 3 aromatic carbocycles. The molecule has 0 spiro atoms. The highest BCUT2D eigenvalue weighted by Gasteiger charge is 2.33. The summed E-state index contributed by atoms with van der Waals surface area (Å²) in [5.41, 5.74) is 1.80. The number of ether oxygens (including phenoxy) is 1. The summed E-state index contributed by atoms with van der Waals surface area (Å²) in [6.07, 6.45) is -4.45. The van der Waals surface area contributed by atoms with Crippen molar-refractivity contribution in [1.82, 2.24) is 9.45 Å². The van der Waals surface area contributed by atoms with Gasteiger partial charge in [0, 0.05) is 19.0 Å². The van der Waals surface area contributed by atoms with Gasteiger partial charge in [-0.15, -0.1) is 0 Å². The molecule has 1 heterocycles. The molecule has 0 radical (unpaired) electrons. The minimum absolute atomic E-state index is 0.0254. The first-order valence-electron chi connectivity index (χ1n) is 13.2. The summed E-state index contributed by atoms with van der Waals surface area (Å²) in [4.78, 5) is 21.4. The number of hydrogen-bond acceptors (Lipinski definition) is 7. The molecule has 0 amide bonds. The number of carbonyl (C=O) groups is 1. The summed E-state index contributed by atoms with van der Waals surface area (Å²) in [5, 5.41) is 0. The van der Waals surface area contributed by atoms with E-state index >= 15 is 0 Å². The number of oxazole rings is 1. The lowest BCUT2D eigenvalue weighted by atomic mass is 10.1. The van der Waals surface area contributed by atoms with Gasteiger partial charge < -0.3 is 14.0 Å². The first kappa shape index (κ1) is 31.6. The zero-order valence-electron chi connectivity index (χ0n) is 23.9. The Balaban J connectivity index is 1.50. The van der Waals surface area contributed by atoms with Crippen LogP contribution in [-0.2, 0) is 39.2 Å². The lowest BCUT2D eigenvalue weighted by Crippen LogP contribution is -2.44. The predicted molar refractivity (Wildman–Crippen MR) is 153 cm³/mol. The number of hydrogen-bond donors (Lipinski definition) is 0. The maximum Gasteiger partial charge on any atom is 0.416 e. The molecule has 0 saturated carbocycles. The molecular weight excluding hydrogens is 587 g/mol. The molecule has 43 heavy (non-hydrogen) atoms. The van der Waals surface area contributed by atoms with E-state index in [0.29, 0.717) is 38.5 Å². The molecule has 13 heteroatoms. The van der Waals surface area contributed by atoms with E-state index in [1.165, 1.54) is 12.1 Å². The number of hydroxylamine groups is 1. The van der Waals surface area contributed by atoms with Gasteiger partial charge in [0.05, 0.1) is 17.8 Å². The molecule has 228 valence electrons. The Morgan fingerprint density at radius 2 is 1.70 bits per heavy atom. The molecule has 0 bridgehead atoms. The summed E-state index contributed by atoms with van der Waals surface area (Å²) in [5.74, 6) is 0.146. The van der Waals surface area contributed by atoms with Crippen molar-refractivity contribution in [1.29, 1.82) is 0 Å².